The van der Waals surface area contributed by atoms with Gasteiger partial charge in [-0.3, -0.25) is 14.3 Å². The number of hydrogen-bond donors (Lipinski definition) is 1. The minimum Gasteiger partial charge on any atom is -0.494 e. The Balaban J connectivity index is 1.23. The Bertz CT molecular complexity index is 1310. The first-order valence-corrected chi connectivity index (χ1v) is 11.2. The van der Waals surface area contributed by atoms with Crippen LogP contribution in [0.3, 0.4) is 0 Å². The van der Waals surface area contributed by atoms with E-state index in [1.165, 1.54) is 12.3 Å². The van der Waals surface area contributed by atoms with Gasteiger partial charge in [0.05, 0.1) is 25.5 Å². The van der Waals surface area contributed by atoms with Gasteiger partial charge in [0.25, 0.3) is 0 Å². The second kappa shape index (κ2) is 8.67. The third-order valence-corrected chi connectivity index (χ3v) is 6.71. The molecule has 1 aliphatic carbocycles. The Morgan fingerprint density at radius 2 is 2.06 bits per heavy atom. The number of nitriles is 1. The Labute approximate surface area is 196 Å². The minimum atomic E-state index is -0.188. The lowest BCUT2D eigenvalue weighted by Crippen LogP contribution is -2.52. The highest BCUT2D eigenvalue weighted by Crippen LogP contribution is 2.33. The van der Waals surface area contributed by atoms with Gasteiger partial charge in [0.15, 0.2) is 0 Å². The molecule has 10 nitrogen and oxygen atoms in total. The van der Waals surface area contributed by atoms with Crippen molar-refractivity contribution < 1.29 is 14.3 Å². The van der Waals surface area contributed by atoms with Crippen LogP contribution in [-0.4, -0.2) is 62.3 Å². The molecule has 0 aromatic carbocycles. The fourth-order valence-electron chi connectivity index (χ4n) is 4.82. The van der Waals surface area contributed by atoms with Crippen molar-refractivity contribution >= 4 is 17.3 Å². The summed E-state index contributed by atoms with van der Waals surface area (Å²) in [6, 6.07) is 4.16. The lowest BCUT2D eigenvalue weighted by atomic mass is 10.0. The first-order valence-electron chi connectivity index (χ1n) is 11.2. The van der Waals surface area contributed by atoms with Crippen LogP contribution in [0.5, 0.6) is 5.75 Å². The molecular weight excluding hydrogens is 434 g/mol. The summed E-state index contributed by atoms with van der Waals surface area (Å²) in [4.78, 5) is 26.2. The molecule has 2 amide bonds. The fraction of sp³-hybridized carbons (Fsp3) is 0.375. The zero-order chi connectivity index (χ0) is 23.8. The maximum Gasteiger partial charge on any atom is 0.243 e. The van der Waals surface area contributed by atoms with Crippen LogP contribution in [0.4, 0.5) is 0 Å². The first kappa shape index (κ1) is 21.7. The van der Waals surface area contributed by atoms with Crippen LogP contribution in [0.1, 0.15) is 30.9 Å². The summed E-state index contributed by atoms with van der Waals surface area (Å²) in [6.07, 6.45) is 10.6. The molecule has 2 atom stereocenters. The largest absolute Gasteiger partial charge is 0.494 e. The van der Waals surface area contributed by atoms with Gasteiger partial charge >= 0.3 is 0 Å². The number of amides is 2. The summed E-state index contributed by atoms with van der Waals surface area (Å²) in [6.45, 7) is 4.71. The molecule has 10 heteroatoms. The molecule has 0 unspecified atom stereocenters. The number of rotatable bonds is 6. The van der Waals surface area contributed by atoms with Crippen LogP contribution >= 0.6 is 0 Å². The van der Waals surface area contributed by atoms with Gasteiger partial charge in [-0.1, -0.05) is 6.58 Å². The summed E-state index contributed by atoms with van der Waals surface area (Å²) in [5, 5.41) is 21.0. The molecule has 2 fully saturated rings. The number of carbonyl (C=O) groups excluding carboxylic acids is 2. The first-order chi connectivity index (χ1) is 16.5. The number of nitrogens with one attached hydrogen (secondary N) is 1. The molecule has 1 saturated carbocycles. The third kappa shape index (κ3) is 3.79. The van der Waals surface area contributed by atoms with Gasteiger partial charge in [-0.05, 0) is 31.4 Å². The molecule has 34 heavy (non-hydrogen) atoms. The van der Waals surface area contributed by atoms with E-state index in [0.717, 1.165) is 24.0 Å². The van der Waals surface area contributed by atoms with Crippen molar-refractivity contribution in [1.82, 2.24) is 29.6 Å². The van der Waals surface area contributed by atoms with Crippen molar-refractivity contribution in [3.05, 3.63) is 49.1 Å². The fourth-order valence-corrected chi connectivity index (χ4v) is 4.82. The van der Waals surface area contributed by atoms with E-state index in [9.17, 15) is 14.9 Å². The van der Waals surface area contributed by atoms with Crippen LogP contribution < -0.4 is 10.1 Å². The van der Waals surface area contributed by atoms with Crippen molar-refractivity contribution in [3.63, 3.8) is 0 Å². The van der Waals surface area contributed by atoms with Gasteiger partial charge in [0.2, 0.25) is 11.8 Å². The molecule has 3 aromatic rings. The highest BCUT2D eigenvalue weighted by molar-refractivity contribution is 5.87. The summed E-state index contributed by atoms with van der Waals surface area (Å²) in [7, 11) is 1.57. The Hall–Kier alpha value is -4.13. The number of hydrogen-bond acceptors (Lipinski definition) is 6. The molecular formula is C24H25N7O3. The van der Waals surface area contributed by atoms with E-state index in [4.69, 9.17) is 4.74 Å². The minimum absolute atomic E-state index is 0.0403. The third-order valence-electron chi connectivity index (χ3n) is 6.71. The second-order valence-electron chi connectivity index (χ2n) is 8.79. The van der Waals surface area contributed by atoms with E-state index in [-0.39, 0.29) is 29.8 Å². The predicted octanol–water partition coefficient (Wildman–Crippen LogP) is 1.93. The Morgan fingerprint density at radius 1 is 1.24 bits per heavy atom. The van der Waals surface area contributed by atoms with Crippen LogP contribution in [0.15, 0.2) is 43.5 Å². The summed E-state index contributed by atoms with van der Waals surface area (Å²) < 4.78 is 9.02. The van der Waals surface area contributed by atoms with Crippen molar-refractivity contribution in [2.45, 2.75) is 31.3 Å². The lowest BCUT2D eigenvalue weighted by Gasteiger charge is -2.40. The zero-order valence-corrected chi connectivity index (χ0v) is 18.8. The average molecular weight is 460 g/mol. The molecule has 1 saturated heterocycles. The topological polar surface area (TPSA) is 118 Å². The standard InChI is InChI=1S/C24H25N7O3/c1-3-22(32)28-19-5-4-15(6-19)24(33)29-13-20(14-29)30-12-18(10-26-30)16-7-21(34-2)23-17(8-25)9-27-31(23)11-16/h3,7,9-12,15,19-20H,1,4-6,13-14H2,2H3,(H,28,32)/t15-,19-/m0/s1. The highest BCUT2D eigenvalue weighted by atomic mass is 16.5. The number of fused-ring (bicyclic) bond motifs is 1. The van der Waals surface area contributed by atoms with Gasteiger partial charge in [-0.25, -0.2) is 4.52 Å². The van der Waals surface area contributed by atoms with Crippen LogP contribution in [0.25, 0.3) is 16.6 Å². The maximum absolute atomic E-state index is 12.9. The number of pyridine rings is 1. The van der Waals surface area contributed by atoms with Gasteiger partial charge in [-0.2, -0.15) is 15.5 Å². The number of likely N-dealkylation sites (tertiary alicyclic amines) is 1. The number of nitrogens with zero attached hydrogens (tertiary/aromatic N) is 6. The van der Waals surface area contributed by atoms with Crippen LogP contribution in [0.2, 0.25) is 0 Å². The predicted molar refractivity (Wildman–Crippen MR) is 123 cm³/mol. The molecule has 4 heterocycles. The number of aromatic nitrogens is 4. The van der Waals surface area contributed by atoms with E-state index in [2.05, 4.69) is 28.2 Å². The molecule has 3 aromatic heterocycles. The van der Waals surface area contributed by atoms with Gasteiger partial charge < -0.3 is 15.0 Å². The molecule has 0 spiro atoms. The van der Waals surface area contributed by atoms with Crippen LogP contribution in [-0.2, 0) is 9.59 Å². The molecule has 174 valence electrons. The van der Waals surface area contributed by atoms with Gasteiger partial charge in [0.1, 0.15) is 22.9 Å². The van der Waals surface area contributed by atoms with Crippen LogP contribution in [0, 0.1) is 17.2 Å². The van der Waals surface area contributed by atoms with Crippen molar-refractivity contribution in [3.8, 4) is 22.9 Å². The van der Waals surface area contributed by atoms with E-state index in [0.29, 0.717) is 36.3 Å². The monoisotopic (exact) mass is 459 g/mol. The summed E-state index contributed by atoms with van der Waals surface area (Å²) in [5.41, 5.74) is 2.85. The van der Waals surface area contributed by atoms with E-state index in [1.54, 1.807) is 17.8 Å². The molecule has 2 aliphatic rings. The van der Waals surface area contributed by atoms with Crippen molar-refractivity contribution in [2.24, 2.45) is 5.92 Å². The van der Waals surface area contributed by atoms with E-state index >= 15 is 0 Å². The summed E-state index contributed by atoms with van der Waals surface area (Å²) in [5.74, 6) is 0.488. The lowest BCUT2D eigenvalue weighted by molar-refractivity contribution is -0.141. The zero-order valence-electron chi connectivity index (χ0n) is 18.8. The Kier molecular flexibility index (Phi) is 5.53. The van der Waals surface area contributed by atoms with E-state index < -0.39 is 0 Å². The quantitative estimate of drug-likeness (QED) is 0.563. The van der Waals surface area contributed by atoms with Gasteiger partial charge in [-0.15, -0.1) is 0 Å². The number of ether oxygens (including phenoxy) is 1. The Morgan fingerprint density at radius 3 is 2.79 bits per heavy atom. The average Bonchev–Trinajstić information content (AvgIpc) is 3.56. The second-order valence-corrected chi connectivity index (χ2v) is 8.79. The SMILES string of the molecule is C=CC(=O)N[C@H]1CC[C@H](C(=O)N2CC(n3cc(-c4cc(OC)c5c(C#N)cnn5c4)cn3)C2)C1. The normalized spacial score (nSPS) is 20.1. The van der Waals surface area contributed by atoms with E-state index in [1.807, 2.05) is 28.0 Å². The highest BCUT2D eigenvalue weighted by Gasteiger charge is 2.39. The van der Waals surface area contributed by atoms with Gasteiger partial charge in [0, 0.05) is 48.6 Å². The van der Waals surface area contributed by atoms with Crippen molar-refractivity contribution in [2.75, 3.05) is 20.2 Å². The molecule has 1 N–H and O–H groups in total. The molecule has 5 rings (SSSR count). The molecule has 0 radical (unpaired) electrons. The maximum atomic E-state index is 12.9. The number of carbonyl (C=O) groups is 2. The molecule has 1 aliphatic heterocycles. The molecule has 0 bridgehead atoms. The smallest absolute Gasteiger partial charge is 0.243 e. The summed E-state index contributed by atoms with van der Waals surface area (Å²) >= 11 is 0. The number of methoxy groups -OCH3 is 1. The van der Waals surface area contributed by atoms with Crippen molar-refractivity contribution in [1.29, 1.82) is 5.26 Å².